The highest BCUT2D eigenvalue weighted by Gasteiger charge is 2.24. The number of nitrogens with one attached hydrogen (secondary N) is 1. The molecule has 0 bridgehead atoms. The normalized spacial score (nSPS) is 18.9. The maximum atomic E-state index is 11.0. The fourth-order valence-electron chi connectivity index (χ4n) is 2.00. The van der Waals surface area contributed by atoms with Gasteiger partial charge in [0.2, 0.25) is 0 Å². The van der Waals surface area contributed by atoms with Crippen LogP contribution in [0.3, 0.4) is 0 Å². The van der Waals surface area contributed by atoms with Gasteiger partial charge in [-0.3, -0.25) is 10.1 Å². The molecule has 0 saturated carbocycles. The number of hydrogen-bond donors (Lipinski definition) is 1. The summed E-state index contributed by atoms with van der Waals surface area (Å²) in [6.07, 6.45) is 1.77. The van der Waals surface area contributed by atoms with Crippen molar-refractivity contribution in [3.8, 4) is 11.8 Å². The van der Waals surface area contributed by atoms with Gasteiger partial charge in [0.1, 0.15) is 17.7 Å². The minimum Gasteiger partial charge on any atom is -0.482 e. The summed E-state index contributed by atoms with van der Waals surface area (Å²) in [4.78, 5) is 10.4. The lowest BCUT2D eigenvalue weighted by Gasteiger charge is -2.23. The molecule has 6 heteroatoms. The van der Waals surface area contributed by atoms with Gasteiger partial charge in [0.15, 0.2) is 5.75 Å². The lowest BCUT2D eigenvalue weighted by atomic mass is 10.1. The van der Waals surface area contributed by atoms with Gasteiger partial charge in [-0.1, -0.05) is 6.07 Å². The van der Waals surface area contributed by atoms with E-state index in [1.54, 1.807) is 6.07 Å². The average Bonchev–Trinajstić information content (AvgIpc) is 2.39. The number of nitrogens with zero attached hydrogens (tertiary/aromatic N) is 2. The molecule has 1 heterocycles. The van der Waals surface area contributed by atoms with Crippen LogP contribution in [0, 0.1) is 21.4 Å². The Kier molecular flexibility index (Phi) is 3.75. The molecule has 0 spiro atoms. The number of hydrogen-bond acceptors (Lipinski definition) is 5. The fourth-order valence-corrected chi connectivity index (χ4v) is 2.00. The number of nitro benzene ring substituents is 1. The zero-order chi connectivity index (χ0) is 13.0. The molecule has 6 nitrogen and oxygen atoms in total. The zero-order valence-electron chi connectivity index (χ0n) is 9.76. The molecule has 1 aromatic carbocycles. The largest absolute Gasteiger partial charge is 0.482 e. The molecule has 94 valence electrons. The monoisotopic (exact) mass is 247 g/mol. The Hall–Kier alpha value is -2.13. The second kappa shape index (κ2) is 5.47. The summed E-state index contributed by atoms with van der Waals surface area (Å²) in [5, 5.41) is 23.0. The second-order valence-electron chi connectivity index (χ2n) is 4.11. The Morgan fingerprint density at radius 2 is 2.39 bits per heavy atom. The van der Waals surface area contributed by atoms with E-state index in [0.29, 0.717) is 6.54 Å². The quantitative estimate of drug-likeness (QED) is 0.647. The molecule has 0 radical (unpaired) electrons. The molecule has 1 aliphatic heterocycles. The van der Waals surface area contributed by atoms with Gasteiger partial charge in [0.25, 0.3) is 0 Å². The molecule has 0 amide bonds. The van der Waals surface area contributed by atoms with Gasteiger partial charge in [-0.05, 0) is 31.5 Å². The third-order valence-corrected chi connectivity index (χ3v) is 2.85. The van der Waals surface area contributed by atoms with E-state index < -0.39 is 4.92 Å². The first-order chi connectivity index (χ1) is 8.72. The first-order valence-electron chi connectivity index (χ1n) is 5.77. The van der Waals surface area contributed by atoms with E-state index in [-0.39, 0.29) is 23.1 Å². The summed E-state index contributed by atoms with van der Waals surface area (Å²) in [6.45, 7) is 1.62. The van der Waals surface area contributed by atoms with Crippen LogP contribution < -0.4 is 10.1 Å². The standard InChI is InChI=1S/C12H13N3O3/c13-7-9-3-1-5-11(12(9)15(16)17)18-10-4-2-6-14-8-10/h1,3,5,10,14H,2,4,6,8H2/t10-/m0/s1. The zero-order valence-corrected chi connectivity index (χ0v) is 9.76. The van der Waals surface area contributed by atoms with Crippen molar-refractivity contribution >= 4 is 5.69 Å². The molecule has 1 aliphatic rings. The second-order valence-corrected chi connectivity index (χ2v) is 4.11. The van der Waals surface area contributed by atoms with Gasteiger partial charge < -0.3 is 10.1 Å². The van der Waals surface area contributed by atoms with Crippen LogP contribution in [0.25, 0.3) is 0 Å². The van der Waals surface area contributed by atoms with Gasteiger partial charge in [0.05, 0.1) is 4.92 Å². The van der Waals surface area contributed by atoms with E-state index in [2.05, 4.69) is 5.32 Å². The van der Waals surface area contributed by atoms with Crippen molar-refractivity contribution < 1.29 is 9.66 Å². The van der Waals surface area contributed by atoms with E-state index in [4.69, 9.17) is 10.00 Å². The van der Waals surface area contributed by atoms with E-state index >= 15 is 0 Å². The Morgan fingerprint density at radius 3 is 3.00 bits per heavy atom. The maximum Gasteiger partial charge on any atom is 0.328 e. The summed E-state index contributed by atoms with van der Waals surface area (Å²) in [5.41, 5.74) is -0.216. The van der Waals surface area contributed by atoms with Crippen molar-refractivity contribution in [2.45, 2.75) is 18.9 Å². The van der Waals surface area contributed by atoms with Gasteiger partial charge in [0, 0.05) is 6.54 Å². The lowest BCUT2D eigenvalue weighted by Crippen LogP contribution is -2.37. The molecule has 1 saturated heterocycles. The Bertz CT molecular complexity index is 490. The smallest absolute Gasteiger partial charge is 0.328 e. The Morgan fingerprint density at radius 1 is 1.56 bits per heavy atom. The molecule has 1 atom stereocenters. The SMILES string of the molecule is N#Cc1cccc(O[C@H]2CCCNC2)c1[N+](=O)[O-]. The first-order valence-corrected chi connectivity index (χ1v) is 5.77. The van der Waals surface area contributed by atoms with Crippen molar-refractivity contribution in [3.05, 3.63) is 33.9 Å². The molecule has 0 unspecified atom stereocenters. The third kappa shape index (κ3) is 2.57. The summed E-state index contributed by atoms with van der Waals surface area (Å²) >= 11 is 0. The Labute approximate surface area is 104 Å². The number of para-hydroxylation sites is 1. The average molecular weight is 247 g/mol. The van der Waals surface area contributed by atoms with E-state index in [9.17, 15) is 10.1 Å². The summed E-state index contributed by atoms with van der Waals surface area (Å²) in [5.74, 6) is 0.174. The molecule has 0 aromatic heterocycles. The molecule has 2 rings (SSSR count). The van der Waals surface area contributed by atoms with Crippen LogP contribution in [-0.4, -0.2) is 24.1 Å². The van der Waals surface area contributed by atoms with Crippen LogP contribution in [0.2, 0.25) is 0 Å². The molecule has 1 aromatic rings. The van der Waals surface area contributed by atoms with E-state index in [1.807, 2.05) is 6.07 Å². The topological polar surface area (TPSA) is 88.2 Å². The number of benzene rings is 1. The van der Waals surface area contributed by atoms with Crippen LogP contribution in [-0.2, 0) is 0 Å². The molecule has 18 heavy (non-hydrogen) atoms. The molecule has 1 N–H and O–H groups in total. The van der Waals surface area contributed by atoms with Gasteiger partial charge in [-0.25, -0.2) is 0 Å². The van der Waals surface area contributed by atoms with E-state index in [0.717, 1.165) is 19.4 Å². The minimum atomic E-state index is -0.565. The summed E-state index contributed by atoms with van der Waals surface area (Å²) in [7, 11) is 0. The number of nitriles is 1. The third-order valence-electron chi connectivity index (χ3n) is 2.85. The maximum absolute atomic E-state index is 11.0. The first kappa shape index (κ1) is 12.3. The van der Waals surface area contributed by atoms with Crippen molar-refractivity contribution in [2.75, 3.05) is 13.1 Å². The minimum absolute atomic E-state index is 0.0290. The van der Waals surface area contributed by atoms with Crippen molar-refractivity contribution in [2.24, 2.45) is 0 Å². The van der Waals surface area contributed by atoms with Gasteiger partial charge >= 0.3 is 5.69 Å². The molecular weight excluding hydrogens is 234 g/mol. The summed E-state index contributed by atoms with van der Waals surface area (Å²) < 4.78 is 5.63. The summed E-state index contributed by atoms with van der Waals surface area (Å²) in [6, 6.07) is 6.37. The lowest BCUT2D eigenvalue weighted by molar-refractivity contribution is -0.386. The number of nitro groups is 1. The van der Waals surface area contributed by atoms with E-state index in [1.165, 1.54) is 12.1 Å². The molecule has 1 fully saturated rings. The van der Waals surface area contributed by atoms with Crippen LogP contribution in [0.1, 0.15) is 18.4 Å². The number of rotatable bonds is 3. The van der Waals surface area contributed by atoms with Crippen molar-refractivity contribution in [1.29, 1.82) is 5.26 Å². The highest BCUT2D eigenvalue weighted by molar-refractivity contribution is 5.58. The number of ether oxygens (including phenoxy) is 1. The number of piperidine rings is 1. The van der Waals surface area contributed by atoms with Crippen LogP contribution in [0.5, 0.6) is 5.75 Å². The Balaban J connectivity index is 2.26. The van der Waals surface area contributed by atoms with Gasteiger partial charge in [-0.2, -0.15) is 5.26 Å². The molecule has 0 aliphatic carbocycles. The predicted octanol–water partition coefficient (Wildman–Crippen LogP) is 1.60. The van der Waals surface area contributed by atoms with Crippen LogP contribution in [0.4, 0.5) is 5.69 Å². The van der Waals surface area contributed by atoms with Crippen LogP contribution in [0.15, 0.2) is 18.2 Å². The fraction of sp³-hybridized carbons (Fsp3) is 0.417. The molecular formula is C12H13N3O3. The van der Waals surface area contributed by atoms with Crippen molar-refractivity contribution in [1.82, 2.24) is 5.32 Å². The highest BCUT2D eigenvalue weighted by Crippen LogP contribution is 2.31. The van der Waals surface area contributed by atoms with Gasteiger partial charge in [-0.15, -0.1) is 0 Å². The highest BCUT2D eigenvalue weighted by atomic mass is 16.6. The predicted molar refractivity (Wildman–Crippen MR) is 64.3 cm³/mol. The van der Waals surface area contributed by atoms with Crippen molar-refractivity contribution in [3.63, 3.8) is 0 Å². The van der Waals surface area contributed by atoms with Crippen LogP contribution >= 0.6 is 0 Å².